The van der Waals surface area contributed by atoms with E-state index >= 15 is 0 Å². The number of methoxy groups -OCH3 is 1. The molecule has 2 saturated carbocycles. The number of hydrogen-bond acceptors (Lipinski definition) is 6. The molecule has 2 amide bonds. The summed E-state index contributed by atoms with van der Waals surface area (Å²) in [4.78, 5) is 37.5. The van der Waals surface area contributed by atoms with Gasteiger partial charge in [-0.2, -0.15) is 10.1 Å². The Hall–Kier alpha value is -3.48. The van der Waals surface area contributed by atoms with Crippen LogP contribution >= 0.6 is 0 Å². The highest BCUT2D eigenvalue weighted by atomic mass is 16.5. The summed E-state index contributed by atoms with van der Waals surface area (Å²) in [6.07, 6.45) is 7.91. The lowest BCUT2D eigenvalue weighted by molar-refractivity contribution is -0.141. The van der Waals surface area contributed by atoms with Crippen molar-refractivity contribution >= 4 is 24.0 Å². The number of amides is 2. The second kappa shape index (κ2) is 6.26. The lowest BCUT2D eigenvalue weighted by Gasteiger charge is -2.18. The molecule has 0 N–H and O–H groups in total. The molecule has 2 heterocycles. The summed E-state index contributed by atoms with van der Waals surface area (Å²) in [5.74, 6) is 0.0741. The number of rotatable bonds is 4. The molecule has 0 radical (unpaired) electrons. The molecule has 2 aromatic rings. The predicted molar refractivity (Wildman–Crippen MR) is 110 cm³/mol. The van der Waals surface area contributed by atoms with Crippen LogP contribution in [0.2, 0.25) is 0 Å². The molecular weight excluding hydrogens is 396 g/mol. The maximum atomic E-state index is 13.0. The third-order valence-corrected chi connectivity index (χ3v) is 7.35. The molecular formula is C24H20N2O5. The van der Waals surface area contributed by atoms with E-state index in [0.717, 1.165) is 23.4 Å². The lowest BCUT2D eigenvalue weighted by atomic mass is 9.85. The van der Waals surface area contributed by atoms with Crippen molar-refractivity contribution in [2.45, 2.75) is 12.8 Å². The average Bonchev–Trinajstić information content (AvgIpc) is 3.07. The Morgan fingerprint density at radius 3 is 2.29 bits per heavy atom. The first-order chi connectivity index (χ1) is 15.0. The largest absolute Gasteiger partial charge is 0.465 e. The van der Waals surface area contributed by atoms with E-state index in [1.807, 2.05) is 0 Å². The Morgan fingerprint density at radius 2 is 1.71 bits per heavy atom. The smallest absolute Gasteiger partial charge is 0.337 e. The number of carbonyl (C=O) groups is 3. The van der Waals surface area contributed by atoms with Gasteiger partial charge in [-0.1, -0.05) is 24.3 Å². The molecule has 1 aromatic carbocycles. The fourth-order valence-electron chi connectivity index (χ4n) is 5.76. The number of benzene rings is 1. The van der Waals surface area contributed by atoms with Gasteiger partial charge in [-0.15, -0.1) is 0 Å². The van der Waals surface area contributed by atoms with E-state index in [1.54, 1.807) is 36.4 Å². The van der Waals surface area contributed by atoms with Crippen molar-refractivity contribution in [3.63, 3.8) is 0 Å². The molecule has 7 heteroatoms. The van der Waals surface area contributed by atoms with E-state index in [9.17, 15) is 14.4 Å². The number of furan rings is 1. The van der Waals surface area contributed by atoms with Crippen LogP contribution in [0.3, 0.4) is 0 Å². The molecule has 6 rings (SSSR count). The number of ether oxygens (including phenoxy) is 1. The van der Waals surface area contributed by atoms with Crippen molar-refractivity contribution in [2.75, 3.05) is 7.11 Å². The number of hydrazone groups is 1. The van der Waals surface area contributed by atoms with Crippen molar-refractivity contribution < 1.29 is 23.5 Å². The quantitative estimate of drug-likeness (QED) is 0.330. The summed E-state index contributed by atoms with van der Waals surface area (Å²) in [6, 6.07) is 10.3. The van der Waals surface area contributed by atoms with Crippen molar-refractivity contribution in [2.24, 2.45) is 34.2 Å². The van der Waals surface area contributed by atoms with Gasteiger partial charge in [0.1, 0.15) is 11.5 Å². The summed E-state index contributed by atoms with van der Waals surface area (Å²) in [6.45, 7) is 0. The third-order valence-electron chi connectivity index (χ3n) is 7.35. The molecule has 3 aliphatic carbocycles. The topological polar surface area (TPSA) is 89.2 Å². The van der Waals surface area contributed by atoms with Gasteiger partial charge in [0.05, 0.1) is 30.7 Å². The number of fused-ring (bicyclic) bond motifs is 3. The van der Waals surface area contributed by atoms with Gasteiger partial charge in [0.25, 0.3) is 11.8 Å². The van der Waals surface area contributed by atoms with Crippen LogP contribution in [0.4, 0.5) is 0 Å². The zero-order chi connectivity index (χ0) is 21.3. The van der Waals surface area contributed by atoms with E-state index in [1.165, 1.54) is 13.3 Å². The van der Waals surface area contributed by atoms with Crippen LogP contribution < -0.4 is 0 Å². The van der Waals surface area contributed by atoms with Gasteiger partial charge >= 0.3 is 5.97 Å². The van der Waals surface area contributed by atoms with Crippen molar-refractivity contribution in [3.05, 3.63) is 59.9 Å². The third kappa shape index (κ3) is 2.46. The molecule has 7 nitrogen and oxygen atoms in total. The number of esters is 1. The SMILES string of the molecule is COC(=O)c1ccc(-c2ccc(/C=N\N3C(=O)[C@@H]4[C@@H](C3=O)[C@@H]3C=C[C@@H]4C34CC4)o2)cc1. The van der Waals surface area contributed by atoms with Crippen LogP contribution in [0.25, 0.3) is 11.3 Å². The minimum atomic E-state index is -0.403. The Bertz CT molecular complexity index is 1140. The Morgan fingerprint density at radius 1 is 1.06 bits per heavy atom. The number of imide groups is 1. The highest BCUT2D eigenvalue weighted by Gasteiger charge is 2.73. The van der Waals surface area contributed by atoms with E-state index in [2.05, 4.69) is 17.3 Å². The van der Waals surface area contributed by atoms with Gasteiger partial charge in [0.2, 0.25) is 0 Å². The van der Waals surface area contributed by atoms with Gasteiger partial charge in [0.15, 0.2) is 0 Å². The first-order valence-corrected chi connectivity index (χ1v) is 10.4. The molecule has 2 bridgehead atoms. The van der Waals surface area contributed by atoms with Crippen molar-refractivity contribution in [1.82, 2.24) is 5.01 Å². The van der Waals surface area contributed by atoms with Gasteiger partial charge in [-0.05, 0) is 54.4 Å². The second-order valence-electron chi connectivity index (χ2n) is 8.72. The summed E-state index contributed by atoms with van der Waals surface area (Å²) >= 11 is 0. The molecule has 1 spiro atoms. The normalized spacial score (nSPS) is 29.4. The molecule has 156 valence electrons. The Balaban J connectivity index is 1.19. The van der Waals surface area contributed by atoms with Crippen molar-refractivity contribution in [1.29, 1.82) is 0 Å². The zero-order valence-electron chi connectivity index (χ0n) is 16.9. The molecule has 1 saturated heterocycles. The minimum Gasteiger partial charge on any atom is -0.465 e. The monoisotopic (exact) mass is 416 g/mol. The fourth-order valence-corrected chi connectivity index (χ4v) is 5.76. The lowest BCUT2D eigenvalue weighted by Crippen LogP contribution is -2.30. The first kappa shape index (κ1) is 18.3. The highest BCUT2D eigenvalue weighted by molar-refractivity contribution is 6.07. The molecule has 4 aliphatic rings. The van der Waals surface area contributed by atoms with E-state index in [0.29, 0.717) is 17.1 Å². The van der Waals surface area contributed by atoms with Crippen LogP contribution in [0.5, 0.6) is 0 Å². The van der Waals surface area contributed by atoms with Crippen LogP contribution in [0.15, 0.2) is 58.1 Å². The van der Waals surface area contributed by atoms with Gasteiger partial charge < -0.3 is 9.15 Å². The number of nitrogens with zero attached hydrogens (tertiary/aromatic N) is 2. The molecule has 0 unspecified atom stereocenters. The summed E-state index contributed by atoms with van der Waals surface area (Å²) in [5.41, 5.74) is 1.41. The standard InChI is InChI=1S/C24H20N2O5/c1-30-23(29)14-4-2-13(3-5-14)18-9-6-15(31-18)12-25-26-21(27)19-16-7-8-17(20(19)22(26)28)24(16)10-11-24/h2-9,12,16-17,19-20H,10-11H2,1H3/b25-12-/t16-,17-,19-,20-/m0/s1. The number of hydrogen-bond donors (Lipinski definition) is 0. The highest BCUT2D eigenvalue weighted by Crippen LogP contribution is 2.73. The maximum Gasteiger partial charge on any atom is 0.337 e. The Labute approximate surface area is 178 Å². The predicted octanol–water partition coefficient (Wildman–Crippen LogP) is 3.26. The minimum absolute atomic E-state index is 0.176. The molecule has 3 fully saturated rings. The average molecular weight is 416 g/mol. The maximum absolute atomic E-state index is 13.0. The molecule has 4 atom stereocenters. The van der Waals surface area contributed by atoms with Crippen molar-refractivity contribution in [3.8, 4) is 11.3 Å². The number of allylic oxidation sites excluding steroid dienone is 2. The summed E-state index contributed by atoms with van der Waals surface area (Å²) < 4.78 is 10.5. The van der Waals surface area contributed by atoms with Crippen LogP contribution in [0, 0.1) is 29.1 Å². The van der Waals surface area contributed by atoms with E-state index < -0.39 is 5.97 Å². The summed E-state index contributed by atoms with van der Waals surface area (Å²) in [7, 11) is 1.34. The van der Waals surface area contributed by atoms with E-state index in [4.69, 9.17) is 9.15 Å². The fraction of sp³-hybridized carbons (Fsp3) is 0.333. The number of carbonyl (C=O) groups excluding carboxylic acids is 3. The molecule has 31 heavy (non-hydrogen) atoms. The first-order valence-electron chi connectivity index (χ1n) is 10.4. The van der Waals surface area contributed by atoms with E-state index in [-0.39, 0.29) is 40.9 Å². The van der Waals surface area contributed by atoms with Gasteiger partial charge in [-0.25, -0.2) is 4.79 Å². The second-order valence-corrected chi connectivity index (χ2v) is 8.72. The zero-order valence-corrected chi connectivity index (χ0v) is 16.9. The summed E-state index contributed by atoms with van der Waals surface area (Å²) in [5, 5.41) is 5.22. The van der Waals surface area contributed by atoms with Gasteiger partial charge in [0, 0.05) is 5.56 Å². The van der Waals surface area contributed by atoms with Gasteiger partial charge in [-0.3, -0.25) is 9.59 Å². The Kier molecular flexibility index (Phi) is 3.70. The van der Waals surface area contributed by atoms with Crippen LogP contribution in [-0.2, 0) is 14.3 Å². The molecule has 1 aliphatic heterocycles. The molecule has 1 aromatic heterocycles. The van der Waals surface area contributed by atoms with Crippen LogP contribution in [-0.4, -0.2) is 36.1 Å². The van der Waals surface area contributed by atoms with Crippen LogP contribution in [0.1, 0.15) is 29.0 Å².